The minimum absolute atomic E-state index is 0.0499. The Labute approximate surface area is 77.3 Å². The summed E-state index contributed by atoms with van der Waals surface area (Å²) in [5.74, 6) is -0.818. The number of aliphatic hydroxyl groups is 1. The summed E-state index contributed by atoms with van der Waals surface area (Å²) in [6, 6.07) is 0.222. The third-order valence-corrected chi connectivity index (χ3v) is 2.14. The SMILES string of the molecule is CN(CC(=O)O)CC1CC(O)CN1. The van der Waals surface area contributed by atoms with Gasteiger partial charge in [-0.2, -0.15) is 0 Å². The second kappa shape index (κ2) is 4.55. The van der Waals surface area contributed by atoms with Gasteiger partial charge in [0.15, 0.2) is 0 Å². The van der Waals surface area contributed by atoms with E-state index in [-0.39, 0.29) is 18.7 Å². The predicted molar refractivity (Wildman–Crippen MR) is 47.5 cm³/mol. The summed E-state index contributed by atoms with van der Waals surface area (Å²) in [6.45, 7) is 1.34. The summed E-state index contributed by atoms with van der Waals surface area (Å²) in [5, 5.41) is 20.8. The Kier molecular flexibility index (Phi) is 3.65. The molecule has 0 spiro atoms. The van der Waals surface area contributed by atoms with E-state index in [2.05, 4.69) is 5.32 Å². The minimum Gasteiger partial charge on any atom is -0.480 e. The van der Waals surface area contributed by atoms with Gasteiger partial charge < -0.3 is 15.5 Å². The molecular weight excluding hydrogens is 172 g/mol. The van der Waals surface area contributed by atoms with Gasteiger partial charge in [0, 0.05) is 19.1 Å². The van der Waals surface area contributed by atoms with Gasteiger partial charge in [0.1, 0.15) is 0 Å². The van der Waals surface area contributed by atoms with Gasteiger partial charge in [0.2, 0.25) is 0 Å². The molecule has 0 bridgehead atoms. The summed E-state index contributed by atoms with van der Waals surface area (Å²) >= 11 is 0. The number of aliphatic hydroxyl groups excluding tert-OH is 1. The maximum absolute atomic E-state index is 10.3. The van der Waals surface area contributed by atoms with Crippen molar-refractivity contribution in [1.29, 1.82) is 0 Å². The van der Waals surface area contributed by atoms with Crippen LogP contribution in [0.15, 0.2) is 0 Å². The first-order valence-electron chi connectivity index (χ1n) is 4.39. The summed E-state index contributed by atoms with van der Waals surface area (Å²) < 4.78 is 0. The van der Waals surface area contributed by atoms with Crippen molar-refractivity contribution in [2.75, 3.05) is 26.7 Å². The molecular formula is C8H16N2O3. The Bertz CT molecular complexity index is 186. The fourth-order valence-corrected chi connectivity index (χ4v) is 1.61. The average Bonchev–Trinajstić information content (AvgIpc) is 2.33. The smallest absolute Gasteiger partial charge is 0.317 e. The number of carboxylic acid groups (broad SMARTS) is 1. The fraction of sp³-hybridized carbons (Fsp3) is 0.875. The number of hydrogen-bond acceptors (Lipinski definition) is 4. The van der Waals surface area contributed by atoms with Crippen molar-refractivity contribution in [3.63, 3.8) is 0 Å². The molecule has 1 fully saturated rings. The molecule has 1 aliphatic heterocycles. The van der Waals surface area contributed by atoms with Crippen LogP contribution in [0.4, 0.5) is 0 Å². The van der Waals surface area contributed by atoms with E-state index in [1.807, 2.05) is 0 Å². The summed E-state index contributed by atoms with van der Waals surface area (Å²) in [4.78, 5) is 12.1. The molecule has 0 saturated carbocycles. The lowest BCUT2D eigenvalue weighted by Gasteiger charge is -2.18. The van der Waals surface area contributed by atoms with Crippen LogP contribution in [0.5, 0.6) is 0 Å². The quantitative estimate of drug-likeness (QED) is 0.513. The molecule has 5 heteroatoms. The highest BCUT2D eigenvalue weighted by Crippen LogP contribution is 2.06. The van der Waals surface area contributed by atoms with Crippen LogP contribution in [0.25, 0.3) is 0 Å². The van der Waals surface area contributed by atoms with Crippen molar-refractivity contribution < 1.29 is 15.0 Å². The molecule has 0 amide bonds. The summed E-state index contributed by atoms with van der Waals surface area (Å²) in [7, 11) is 1.76. The lowest BCUT2D eigenvalue weighted by atomic mass is 10.2. The zero-order valence-electron chi connectivity index (χ0n) is 7.73. The van der Waals surface area contributed by atoms with E-state index in [1.165, 1.54) is 0 Å². The van der Waals surface area contributed by atoms with Gasteiger partial charge in [0.05, 0.1) is 12.6 Å². The predicted octanol–water partition coefficient (Wildman–Crippen LogP) is -1.27. The number of likely N-dealkylation sites (N-methyl/N-ethyl adjacent to an activating group) is 1. The number of carboxylic acids is 1. The first kappa shape index (κ1) is 10.4. The lowest BCUT2D eigenvalue weighted by molar-refractivity contribution is -0.138. The van der Waals surface area contributed by atoms with Crippen LogP contribution in [0.2, 0.25) is 0 Å². The van der Waals surface area contributed by atoms with Crippen LogP contribution in [0.1, 0.15) is 6.42 Å². The van der Waals surface area contributed by atoms with Gasteiger partial charge in [-0.1, -0.05) is 0 Å². The highest BCUT2D eigenvalue weighted by atomic mass is 16.4. The highest BCUT2D eigenvalue weighted by molar-refractivity contribution is 5.69. The maximum Gasteiger partial charge on any atom is 0.317 e. The summed E-state index contributed by atoms with van der Waals surface area (Å²) in [6.07, 6.45) is 0.437. The Morgan fingerprint density at radius 1 is 1.69 bits per heavy atom. The number of rotatable bonds is 4. The van der Waals surface area contributed by atoms with Gasteiger partial charge >= 0.3 is 5.97 Å². The van der Waals surface area contributed by atoms with Gasteiger partial charge in [-0.15, -0.1) is 0 Å². The van der Waals surface area contributed by atoms with E-state index in [0.29, 0.717) is 19.5 Å². The largest absolute Gasteiger partial charge is 0.480 e. The van der Waals surface area contributed by atoms with Crippen LogP contribution < -0.4 is 5.32 Å². The maximum atomic E-state index is 10.3. The van der Waals surface area contributed by atoms with E-state index in [1.54, 1.807) is 11.9 Å². The molecule has 5 nitrogen and oxygen atoms in total. The number of nitrogens with one attached hydrogen (secondary N) is 1. The third kappa shape index (κ3) is 3.71. The Hall–Kier alpha value is -0.650. The molecule has 3 N–H and O–H groups in total. The molecule has 1 aliphatic rings. The number of aliphatic carboxylic acids is 1. The summed E-state index contributed by atoms with van der Waals surface area (Å²) in [5.41, 5.74) is 0. The molecule has 0 aromatic rings. The number of β-amino-alcohol motifs (C(OH)–C–C–N with tert-alkyl or cyclic N) is 1. The van der Waals surface area contributed by atoms with Crippen LogP contribution in [-0.2, 0) is 4.79 Å². The normalized spacial score (nSPS) is 28.2. The number of carbonyl (C=O) groups is 1. The first-order chi connectivity index (χ1) is 6.08. The van der Waals surface area contributed by atoms with Crippen LogP contribution >= 0.6 is 0 Å². The topological polar surface area (TPSA) is 72.8 Å². The molecule has 0 aromatic carbocycles. The Morgan fingerprint density at radius 3 is 2.85 bits per heavy atom. The Balaban J connectivity index is 2.20. The zero-order valence-corrected chi connectivity index (χ0v) is 7.73. The number of hydrogen-bond donors (Lipinski definition) is 3. The van der Waals surface area contributed by atoms with Crippen molar-refractivity contribution in [1.82, 2.24) is 10.2 Å². The van der Waals surface area contributed by atoms with E-state index in [0.717, 1.165) is 0 Å². The van der Waals surface area contributed by atoms with Gasteiger partial charge in [0.25, 0.3) is 0 Å². The first-order valence-corrected chi connectivity index (χ1v) is 4.39. The van der Waals surface area contributed by atoms with Crippen molar-refractivity contribution >= 4 is 5.97 Å². The molecule has 1 rings (SSSR count). The zero-order chi connectivity index (χ0) is 9.84. The van der Waals surface area contributed by atoms with Crippen molar-refractivity contribution in [2.45, 2.75) is 18.6 Å². The van der Waals surface area contributed by atoms with Gasteiger partial charge in [-0.3, -0.25) is 9.69 Å². The fourth-order valence-electron chi connectivity index (χ4n) is 1.61. The van der Waals surface area contributed by atoms with Gasteiger partial charge in [-0.05, 0) is 13.5 Å². The standard InChI is InChI=1S/C8H16N2O3/c1-10(5-8(12)13)4-6-2-7(11)3-9-6/h6-7,9,11H,2-5H2,1H3,(H,12,13). The molecule has 76 valence electrons. The molecule has 0 aliphatic carbocycles. The van der Waals surface area contributed by atoms with Crippen molar-refractivity contribution in [3.05, 3.63) is 0 Å². The van der Waals surface area contributed by atoms with Crippen LogP contribution in [0.3, 0.4) is 0 Å². The molecule has 2 atom stereocenters. The van der Waals surface area contributed by atoms with Crippen molar-refractivity contribution in [2.24, 2.45) is 0 Å². The molecule has 0 aromatic heterocycles. The van der Waals surface area contributed by atoms with Crippen molar-refractivity contribution in [3.8, 4) is 0 Å². The van der Waals surface area contributed by atoms with E-state index in [9.17, 15) is 9.90 Å². The lowest BCUT2D eigenvalue weighted by Crippen LogP contribution is -2.37. The van der Waals surface area contributed by atoms with Gasteiger partial charge in [-0.25, -0.2) is 0 Å². The Morgan fingerprint density at radius 2 is 2.38 bits per heavy atom. The van der Waals surface area contributed by atoms with Crippen LogP contribution in [0, 0.1) is 0 Å². The highest BCUT2D eigenvalue weighted by Gasteiger charge is 2.23. The van der Waals surface area contributed by atoms with E-state index < -0.39 is 5.97 Å². The third-order valence-electron chi connectivity index (χ3n) is 2.14. The minimum atomic E-state index is -0.818. The second-order valence-corrected chi connectivity index (χ2v) is 3.59. The van der Waals surface area contributed by atoms with Crippen LogP contribution in [-0.4, -0.2) is 59.9 Å². The molecule has 1 heterocycles. The average molecular weight is 188 g/mol. The van der Waals surface area contributed by atoms with E-state index in [4.69, 9.17) is 5.11 Å². The second-order valence-electron chi connectivity index (χ2n) is 3.59. The molecule has 2 unspecified atom stereocenters. The molecule has 0 radical (unpaired) electrons. The molecule has 13 heavy (non-hydrogen) atoms. The molecule has 1 saturated heterocycles. The monoisotopic (exact) mass is 188 g/mol. The van der Waals surface area contributed by atoms with E-state index >= 15 is 0 Å². The number of nitrogens with zero attached hydrogens (tertiary/aromatic N) is 1.